The highest BCUT2D eigenvalue weighted by molar-refractivity contribution is 5.89. The molecule has 0 aliphatic carbocycles. The van der Waals surface area contributed by atoms with Gasteiger partial charge >= 0.3 is 12.0 Å². The van der Waals surface area contributed by atoms with Crippen LogP contribution in [-0.4, -0.2) is 29.3 Å². The van der Waals surface area contributed by atoms with Crippen molar-refractivity contribution < 1.29 is 23.8 Å². The second-order valence-corrected chi connectivity index (χ2v) is 5.43. The van der Waals surface area contributed by atoms with E-state index in [1.54, 1.807) is 20.8 Å². The molecule has 6 nitrogen and oxygen atoms in total. The van der Waals surface area contributed by atoms with Crippen LogP contribution >= 0.6 is 0 Å². The van der Waals surface area contributed by atoms with Gasteiger partial charge in [-0.25, -0.2) is 9.18 Å². The quantitative estimate of drug-likeness (QED) is 0.722. The van der Waals surface area contributed by atoms with Crippen molar-refractivity contribution in [3.63, 3.8) is 0 Å². The van der Waals surface area contributed by atoms with Crippen LogP contribution in [0.5, 0.6) is 5.75 Å². The van der Waals surface area contributed by atoms with Crippen LogP contribution in [0.3, 0.4) is 0 Å². The predicted molar refractivity (Wildman–Crippen MR) is 80.7 cm³/mol. The van der Waals surface area contributed by atoms with Gasteiger partial charge in [-0.3, -0.25) is 4.79 Å². The van der Waals surface area contributed by atoms with Crippen molar-refractivity contribution in [2.75, 3.05) is 11.9 Å². The molecule has 1 aromatic rings. The molecular weight excluding hydrogens is 291 g/mol. The zero-order valence-electron chi connectivity index (χ0n) is 12.9. The normalized spacial score (nSPS) is 10.9. The van der Waals surface area contributed by atoms with E-state index in [-0.39, 0.29) is 24.3 Å². The summed E-state index contributed by atoms with van der Waals surface area (Å²) in [6, 6.07) is 3.59. The molecule has 3 N–H and O–H groups in total. The minimum absolute atomic E-state index is 0.0506. The Bertz CT molecular complexity index is 546. The summed E-state index contributed by atoms with van der Waals surface area (Å²) in [5, 5.41) is 13.8. The van der Waals surface area contributed by atoms with Gasteiger partial charge in [-0.15, -0.1) is 0 Å². The standard InChI is InChI=1S/C15H21FN2O4/c1-4-22-12-6-5-10(9-11(12)16)17-14(21)18-15(2,3)8-7-13(19)20/h5-6,9H,4,7-8H2,1-3H3,(H,19,20)(H2,17,18,21). The minimum Gasteiger partial charge on any atom is -0.491 e. The van der Waals surface area contributed by atoms with Crippen molar-refractivity contribution in [2.24, 2.45) is 0 Å². The number of carbonyl (C=O) groups is 2. The van der Waals surface area contributed by atoms with Crippen molar-refractivity contribution >= 4 is 17.7 Å². The molecule has 0 aliphatic heterocycles. The summed E-state index contributed by atoms with van der Waals surface area (Å²) < 4.78 is 18.7. The number of ether oxygens (including phenoxy) is 1. The van der Waals surface area contributed by atoms with E-state index < -0.39 is 23.4 Å². The van der Waals surface area contributed by atoms with E-state index in [1.807, 2.05) is 0 Å². The fourth-order valence-electron chi connectivity index (χ4n) is 1.80. The van der Waals surface area contributed by atoms with Gasteiger partial charge in [-0.05, 0) is 39.3 Å². The molecule has 7 heteroatoms. The molecule has 122 valence electrons. The number of carboxylic acid groups (broad SMARTS) is 1. The third-order valence-corrected chi connectivity index (χ3v) is 2.91. The van der Waals surface area contributed by atoms with Crippen LogP contribution in [0.4, 0.5) is 14.9 Å². The monoisotopic (exact) mass is 312 g/mol. The van der Waals surface area contributed by atoms with Crippen molar-refractivity contribution in [3.8, 4) is 5.75 Å². The van der Waals surface area contributed by atoms with Gasteiger partial charge in [0.1, 0.15) is 0 Å². The number of hydrogen-bond acceptors (Lipinski definition) is 3. The van der Waals surface area contributed by atoms with Crippen molar-refractivity contribution in [2.45, 2.75) is 39.2 Å². The van der Waals surface area contributed by atoms with E-state index >= 15 is 0 Å². The summed E-state index contributed by atoms with van der Waals surface area (Å²) in [6.45, 7) is 5.53. The van der Waals surface area contributed by atoms with Crippen LogP contribution in [0.1, 0.15) is 33.6 Å². The van der Waals surface area contributed by atoms with E-state index in [0.29, 0.717) is 6.61 Å². The van der Waals surface area contributed by atoms with E-state index in [4.69, 9.17) is 9.84 Å². The number of rotatable bonds is 7. The third kappa shape index (κ3) is 5.99. The molecule has 0 aromatic heterocycles. The van der Waals surface area contributed by atoms with Gasteiger partial charge < -0.3 is 20.5 Å². The zero-order valence-corrected chi connectivity index (χ0v) is 12.9. The largest absolute Gasteiger partial charge is 0.491 e. The molecule has 0 saturated carbocycles. The summed E-state index contributed by atoms with van der Waals surface area (Å²) in [5.74, 6) is -1.37. The highest BCUT2D eigenvalue weighted by Gasteiger charge is 2.21. The first kappa shape index (κ1) is 17.7. The fourth-order valence-corrected chi connectivity index (χ4v) is 1.80. The molecule has 0 heterocycles. The molecule has 0 saturated heterocycles. The van der Waals surface area contributed by atoms with Crippen LogP contribution in [0.25, 0.3) is 0 Å². The topological polar surface area (TPSA) is 87.7 Å². The van der Waals surface area contributed by atoms with Gasteiger partial charge in [0.05, 0.1) is 6.61 Å². The Kier molecular flexibility index (Phi) is 6.15. The number of nitrogens with one attached hydrogen (secondary N) is 2. The molecule has 0 atom stereocenters. The maximum Gasteiger partial charge on any atom is 0.319 e. The summed E-state index contributed by atoms with van der Waals surface area (Å²) >= 11 is 0. The van der Waals surface area contributed by atoms with Gasteiger partial charge in [0.2, 0.25) is 0 Å². The molecule has 0 unspecified atom stereocenters. The van der Waals surface area contributed by atoms with Gasteiger partial charge in [0.25, 0.3) is 0 Å². The molecule has 2 amide bonds. The number of amides is 2. The van der Waals surface area contributed by atoms with Crippen molar-refractivity contribution in [1.29, 1.82) is 0 Å². The predicted octanol–water partition coefficient (Wildman–Crippen LogP) is 2.99. The Morgan fingerprint density at radius 2 is 2.05 bits per heavy atom. The summed E-state index contributed by atoms with van der Waals surface area (Å²) in [6.07, 6.45) is 0.234. The van der Waals surface area contributed by atoms with Gasteiger partial charge in [-0.1, -0.05) is 0 Å². The summed E-state index contributed by atoms with van der Waals surface area (Å²) in [7, 11) is 0. The smallest absolute Gasteiger partial charge is 0.319 e. The van der Waals surface area contributed by atoms with Gasteiger partial charge in [-0.2, -0.15) is 0 Å². The van der Waals surface area contributed by atoms with E-state index in [9.17, 15) is 14.0 Å². The maximum atomic E-state index is 13.7. The number of halogens is 1. The average Bonchev–Trinajstić information content (AvgIpc) is 2.39. The Labute approximate surface area is 128 Å². The second-order valence-electron chi connectivity index (χ2n) is 5.43. The molecule has 1 aromatic carbocycles. The van der Waals surface area contributed by atoms with Crippen molar-refractivity contribution in [1.82, 2.24) is 5.32 Å². The highest BCUT2D eigenvalue weighted by atomic mass is 19.1. The number of aliphatic carboxylic acids is 1. The van der Waals surface area contributed by atoms with Crippen LogP contribution in [-0.2, 0) is 4.79 Å². The molecule has 0 bridgehead atoms. The second kappa shape index (κ2) is 7.63. The van der Waals surface area contributed by atoms with E-state index in [1.165, 1.54) is 12.1 Å². The number of urea groups is 1. The highest BCUT2D eigenvalue weighted by Crippen LogP contribution is 2.21. The Balaban J connectivity index is 2.61. The first-order valence-corrected chi connectivity index (χ1v) is 6.97. The molecule has 1 rings (SSSR count). The van der Waals surface area contributed by atoms with E-state index in [0.717, 1.165) is 6.07 Å². The van der Waals surface area contributed by atoms with Crippen LogP contribution in [0, 0.1) is 5.82 Å². The lowest BCUT2D eigenvalue weighted by atomic mass is 9.99. The fraction of sp³-hybridized carbons (Fsp3) is 0.467. The third-order valence-electron chi connectivity index (χ3n) is 2.91. The van der Waals surface area contributed by atoms with Gasteiger partial charge in [0, 0.05) is 23.7 Å². The SMILES string of the molecule is CCOc1ccc(NC(=O)NC(C)(C)CCC(=O)O)cc1F. The Hall–Kier alpha value is -2.31. The number of benzene rings is 1. The number of carbonyl (C=O) groups excluding carboxylic acids is 1. The lowest BCUT2D eigenvalue weighted by molar-refractivity contribution is -0.137. The first-order valence-electron chi connectivity index (χ1n) is 6.97. The van der Waals surface area contributed by atoms with Crippen LogP contribution < -0.4 is 15.4 Å². The lowest BCUT2D eigenvalue weighted by Crippen LogP contribution is -2.45. The number of hydrogen-bond donors (Lipinski definition) is 3. The molecule has 0 fully saturated rings. The number of carboxylic acids is 1. The molecular formula is C15H21FN2O4. The van der Waals surface area contributed by atoms with Gasteiger partial charge in [0.15, 0.2) is 11.6 Å². The first-order chi connectivity index (χ1) is 10.2. The zero-order chi connectivity index (χ0) is 16.8. The molecule has 0 spiro atoms. The molecule has 0 radical (unpaired) electrons. The maximum absolute atomic E-state index is 13.7. The average molecular weight is 312 g/mol. The molecule has 22 heavy (non-hydrogen) atoms. The van der Waals surface area contributed by atoms with Crippen LogP contribution in [0.2, 0.25) is 0 Å². The van der Waals surface area contributed by atoms with Crippen LogP contribution in [0.15, 0.2) is 18.2 Å². The Morgan fingerprint density at radius 3 is 2.59 bits per heavy atom. The summed E-state index contributed by atoms with van der Waals surface area (Å²) in [5.41, 5.74) is -0.404. The van der Waals surface area contributed by atoms with E-state index in [2.05, 4.69) is 10.6 Å². The molecule has 0 aliphatic rings. The number of anilines is 1. The lowest BCUT2D eigenvalue weighted by Gasteiger charge is -2.25. The summed E-state index contributed by atoms with van der Waals surface area (Å²) in [4.78, 5) is 22.4. The van der Waals surface area contributed by atoms with Crippen molar-refractivity contribution in [3.05, 3.63) is 24.0 Å². The Morgan fingerprint density at radius 1 is 1.36 bits per heavy atom. The minimum atomic E-state index is -0.927.